The van der Waals surface area contributed by atoms with Gasteiger partial charge in [0.2, 0.25) is 0 Å². The van der Waals surface area contributed by atoms with E-state index in [0.717, 1.165) is 23.9 Å². The lowest BCUT2D eigenvalue weighted by atomic mass is 9.91. The van der Waals surface area contributed by atoms with Crippen molar-refractivity contribution in [1.82, 2.24) is 5.32 Å². The number of nitrogens with zero attached hydrogens (tertiary/aromatic N) is 1. The van der Waals surface area contributed by atoms with Crippen molar-refractivity contribution < 1.29 is 23.1 Å². The molecule has 3 rings (SSSR count). The summed E-state index contributed by atoms with van der Waals surface area (Å²) in [6, 6.07) is 11.1. The smallest absolute Gasteiger partial charge is 0.408 e. The molecule has 32 heavy (non-hydrogen) atoms. The second-order valence-electron chi connectivity index (χ2n) is 9.58. The van der Waals surface area contributed by atoms with Crippen LogP contribution in [-0.4, -0.2) is 37.1 Å². The summed E-state index contributed by atoms with van der Waals surface area (Å²) >= 11 is 0. The Morgan fingerprint density at radius 2 is 1.72 bits per heavy atom. The molecule has 0 saturated heterocycles. The molecule has 0 unspecified atom stereocenters. The van der Waals surface area contributed by atoms with Crippen LogP contribution in [0.1, 0.15) is 50.7 Å². The van der Waals surface area contributed by atoms with Crippen LogP contribution in [-0.2, 0) is 16.0 Å². The Bertz CT molecular complexity index is 948. The topological polar surface area (TPSA) is 58.6 Å². The van der Waals surface area contributed by atoms with Gasteiger partial charge in [-0.1, -0.05) is 12.1 Å². The van der Waals surface area contributed by atoms with Crippen molar-refractivity contribution in [3.63, 3.8) is 0 Å². The summed E-state index contributed by atoms with van der Waals surface area (Å²) in [5.41, 5.74) is 0.159. The maximum absolute atomic E-state index is 13.8. The number of likely N-dealkylation sites (N-methyl/N-ethyl adjacent to an activating group) is 1. The molecule has 2 aromatic carbocycles. The summed E-state index contributed by atoms with van der Waals surface area (Å²) in [6.07, 6.45) is 2.13. The van der Waals surface area contributed by atoms with E-state index in [9.17, 15) is 18.4 Å². The van der Waals surface area contributed by atoms with Gasteiger partial charge < -0.3 is 19.7 Å². The zero-order valence-electron chi connectivity index (χ0n) is 19.0. The second-order valence-corrected chi connectivity index (χ2v) is 9.58. The van der Waals surface area contributed by atoms with E-state index in [4.69, 9.17) is 4.74 Å². The predicted octanol–water partition coefficient (Wildman–Crippen LogP) is 4.98. The Morgan fingerprint density at radius 1 is 1.12 bits per heavy atom. The molecule has 0 aromatic heterocycles. The molecule has 1 aliphatic carbocycles. The number of hydrogen-bond acceptors (Lipinski definition) is 4. The van der Waals surface area contributed by atoms with Crippen LogP contribution in [0.5, 0.6) is 0 Å². The van der Waals surface area contributed by atoms with E-state index in [1.54, 1.807) is 27.8 Å². The normalized spacial score (nSPS) is 15.6. The molecule has 1 aliphatic rings. The van der Waals surface area contributed by atoms with Crippen LogP contribution < -0.4 is 10.2 Å². The average molecular weight is 445 g/mol. The molecule has 0 radical (unpaired) electrons. The number of carbonyl (C=O) groups is 2. The van der Waals surface area contributed by atoms with Gasteiger partial charge in [0.15, 0.2) is 0 Å². The number of carbonyl (C=O) groups excluding carboxylic acids is 2. The third-order valence-corrected chi connectivity index (χ3v) is 5.32. The highest BCUT2D eigenvalue weighted by atomic mass is 19.1. The number of rotatable bonds is 8. The fraction of sp³-hybridized carbons (Fsp3) is 0.440. The lowest BCUT2D eigenvalue weighted by Gasteiger charge is -2.35. The molecule has 5 nitrogen and oxygen atoms in total. The first-order chi connectivity index (χ1) is 15.0. The van der Waals surface area contributed by atoms with Gasteiger partial charge in [-0.3, -0.25) is 0 Å². The minimum atomic E-state index is -1.47. The first-order valence-corrected chi connectivity index (χ1v) is 10.7. The number of aldehydes is 1. The quantitative estimate of drug-likeness (QED) is 0.583. The van der Waals surface area contributed by atoms with E-state index in [1.807, 2.05) is 17.0 Å². The summed E-state index contributed by atoms with van der Waals surface area (Å²) in [5.74, 6) is -0.873. The van der Waals surface area contributed by atoms with Crippen molar-refractivity contribution >= 4 is 18.1 Å². The minimum absolute atomic E-state index is 0.0800. The minimum Gasteiger partial charge on any atom is -0.444 e. The molecule has 0 heterocycles. The van der Waals surface area contributed by atoms with Crippen LogP contribution in [0, 0.1) is 11.6 Å². The van der Waals surface area contributed by atoms with Gasteiger partial charge in [-0.15, -0.1) is 0 Å². The van der Waals surface area contributed by atoms with E-state index < -0.39 is 28.9 Å². The number of alkyl carbamates (subject to hydrolysis) is 1. The van der Waals surface area contributed by atoms with Crippen LogP contribution in [0.25, 0.3) is 0 Å². The van der Waals surface area contributed by atoms with Crippen LogP contribution in [0.2, 0.25) is 0 Å². The molecule has 1 atom stereocenters. The molecule has 172 valence electrons. The highest BCUT2D eigenvalue weighted by Gasteiger charge is 2.36. The van der Waals surface area contributed by atoms with E-state index in [1.165, 1.54) is 18.4 Å². The van der Waals surface area contributed by atoms with Gasteiger partial charge in [-0.05, 0) is 74.9 Å². The number of nitrogens with one attached hydrogen (secondary N) is 1. The van der Waals surface area contributed by atoms with Crippen molar-refractivity contribution in [1.29, 1.82) is 0 Å². The number of halogens is 2. The Morgan fingerprint density at radius 3 is 2.22 bits per heavy atom. The summed E-state index contributed by atoms with van der Waals surface area (Å²) in [6.45, 7) is 5.22. The average Bonchev–Trinajstić information content (AvgIpc) is 3.50. The molecule has 1 saturated carbocycles. The molecule has 0 bridgehead atoms. The van der Waals surface area contributed by atoms with Crippen LogP contribution >= 0.6 is 0 Å². The van der Waals surface area contributed by atoms with Gasteiger partial charge in [0, 0.05) is 31.8 Å². The Kier molecular flexibility index (Phi) is 6.86. The zero-order chi connectivity index (χ0) is 23.5. The maximum Gasteiger partial charge on any atom is 0.408 e. The Hall–Kier alpha value is -2.96. The molecule has 1 fully saturated rings. The number of benzene rings is 2. The van der Waals surface area contributed by atoms with Gasteiger partial charge in [0.1, 0.15) is 29.1 Å². The molecular weight excluding hydrogens is 414 g/mol. The van der Waals surface area contributed by atoms with Crippen LogP contribution in [0.3, 0.4) is 0 Å². The molecule has 2 aromatic rings. The monoisotopic (exact) mass is 444 g/mol. The molecule has 0 spiro atoms. The Balaban J connectivity index is 1.86. The third kappa shape index (κ3) is 6.52. The van der Waals surface area contributed by atoms with Gasteiger partial charge in [0.25, 0.3) is 0 Å². The van der Waals surface area contributed by atoms with E-state index in [0.29, 0.717) is 12.2 Å². The largest absolute Gasteiger partial charge is 0.444 e. The van der Waals surface area contributed by atoms with Gasteiger partial charge in [-0.25, -0.2) is 13.6 Å². The zero-order valence-corrected chi connectivity index (χ0v) is 19.0. The predicted molar refractivity (Wildman–Crippen MR) is 120 cm³/mol. The number of hydrogen-bond donors (Lipinski definition) is 1. The third-order valence-electron chi connectivity index (χ3n) is 5.32. The number of ether oxygens (including phenoxy) is 1. The van der Waals surface area contributed by atoms with Crippen molar-refractivity contribution in [3.8, 4) is 0 Å². The van der Waals surface area contributed by atoms with Crippen molar-refractivity contribution in [2.75, 3.05) is 18.5 Å². The summed E-state index contributed by atoms with van der Waals surface area (Å²) in [4.78, 5) is 26.7. The first kappa shape index (κ1) is 23.7. The lowest BCUT2D eigenvalue weighted by Crippen LogP contribution is -2.58. The van der Waals surface area contributed by atoms with E-state index >= 15 is 0 Å². The molecule has 1 amide bonds. The molecular formula is C25H30F2N2O3. The van der Waals surface area contributed by atoms with Crippen molar-refractivity contribution in [2.24, 2.45) is 0 Å². The Labute approximate surface area is 187 Å². The van der Waals surface area contributed by atoms with E-state index in [-0.39, 0.29) is 18.5 Å². The second kappa shape index (κ2) is 9.27. The van der Waals surface area contributed by atoms with Crippen molar-refractivity contribution in [3.05, 3.63) is 65.2 Å². The highest BCUT2D eigenvalue weighted by Crippen LogP contribution is 2.40. The summed E-state index contributed by atoms with van der Waals surface area (Å²) < 4.78 is 32.9. The van der Waals surface area contributed by atoms with Gasteiger partial charge in [-0.2, -0.15) is 0 Å². The number of amides is 1. The van der Waals surface area contributed by atoms with Crippen LogP contribution in [0.4, 0.5) is 19.3 Å². The van der Waals surface area contributed by atoms with Gasteiger partial charge >= 0.3 is 6.09 Å². The molecule has 7 heteroatoms. The van der Waals surface area contributed by atoms with E-state index in [2.05, 4.69) is 17.4 Å². The lowest BCUT2D eigenvalue weighted by molar-refractivity contribution is -0.113. The fourth-order valence-corrected chi connectivity index (χ4v) is 3.76. The maximum atomic E-state index is 13.8. The standard InChI is InChI=1S/C25H30F2N2O3/c1-24(2,3)32-23(31)28-25(16-30,14-17-11-20(26)13-21(27)12-17)15-29(4)22-9-7-19(8-10-22)18-5-6-18/h7-13,16,18H,5-6,14-15H2,1-4H3,(H,28,31)/t25-/m1/s1. The fourth-order valence-electron chi connectivity index (χ4n) is 3.76. The SMILES string of the molecule is CN(C[C@@](C=O)(Cc1cc(F)cc(F)c1)NC(=O)OC(C)(C)C)c1ccc(C2CC2)cc1. The molecule has 1 N–H and O–H groups in total. The van der Waals surface area contributed by atoms with Gasteiger partial charge in [0.05, 0.1) is 0 Å². The van der Waals surface area contributed by atoms with Crippen molar-refractivity contribution in [2.45, 2.75) is 57.1 Å². The summed E-state index contributed by atoms with van der Waals surface area (Å²) in [5, 5.41) is 2.65. The highest BCUT2D eigenvalue weighted by molar-refractivity contribution is 5.78. The first-order valence-electron chi connectivity index (χ1n) is 10.7. The molecule has 0 aliphatic heterocycles. The van der Waals surface area contributed by atoms with Crippen LogP contribution in [0.15, 0.2) is 42.5 Å². The summed E-state index contributed by atoms with van der Waals surface area (Å²) in [7, 11) is 1.80. The number of anilines is 1.